The summed E-state index contributed by atoms with van der Waals surface area (Å²) in [5, 5.41) is 3.31. The van der Waals surface area contributed by atoms with E-state index in [9.17, 15) is 14.4 Å². The summed E-state index contributed by atoms with van der Waals surface area (Å²) in [5.74, 6) is -0.444. The van der Waals surface area contributed by atoms with Crippen LogP contribution in [0.15, 0.2) is 30.3 Å². The second-order valence-electron chi connectivity index (χ2n) is 4.64. The van der Waals surface area contributed by atoms with Crippen LogP contribution in [-0.4, -0.2) is 28.9 Å². The third kappa shape index (κ3) is 2.57. The first-order chi connectivity index (χ1) is 9.07. The van der Waals surface area contributed by atoms with Crippen molar-refractivity contribution in [3.8, 4) is 0 Å². The number of hydrazine groups is 1. The minimum Gasteiger partial charge on any atom is -0.322 e. The molecule has 1 unspecified atom stereocenters. The number of hydrogen-bond donors (Lipinski definition) is 2. The van der Waals surface area contributed by atoms with Gasteiger partial charge in [-0.1, -0.05) is 30.3 Å². The normalized spacial score (nSPS) is 22.3. The van der Waals surface area contributed by atoms with Crippen molar-refractivity contribution in [2.75, 3.05) is 0 Å². The first-order valence-corrected chi connectivity index (χ1v) is 5.97. The fraction of sp³-hybridized carbons (Fsp3) is 0.308. The molecule has 4 amide bonds. The quantitative estimate of drug-likeness (QED) is 0.601. The summed E-state index contributed by atoms with van der Waals surface area (Å²) in [6.07, 6.45) is 1.44. The van der Waals surface area contributed by atoms with Crippen LogP contribution in [0.25, 0.3) is 0 Å². The molecule has 0 saturated carbocycles. The molecule has 0 aromatic heterocycles. The highest BCUT2D eigenvalue weighted by Crippen LogP contribution is 2.21. The van der Waals surface area contributed by atoms with E-state index in [0.29, 0.717) is 24.3 Å². The number of nitrogens with one attached hydrogen (secondary N) is 2. The molecule has 1 heterocycles. The standard InChI is InChI=1S/C13H15N3O3/c1-13(8-7-10-5-3-2-4-6-10)11(18)16(14-9-17)12(19)15-13/h2-6,9H,7-8H2,1H3,(H,14,17)(H,15,19). The van der Waals surface area contributed by atoms with Crippen molar-refractivity contribution in [2.45, 2.75) is 25.3 Å². The van der Waals surface area contributed by atoms with Crippen LogP contribution in [0.1, 0.15) is 18.9 Å². The summed E-state index contributed by atoms with van der Waals surface area (Å²) in [4.78, 5) is 34.0. The number of carbonyl (C=O) groups excluding carboxylic acids is 3. The Bertz CT molecular complexity index is 503. The largest absolute Gasteiger partial charge is 0.344 e. The molecular formula is C13H15N3O3. The lowest BCUT2D eigenvalue weighted by atomic mass is 9.93. The molecule has 1 aromatic rings. The molecule has 0 aliphatic carbocycles. The molecule has 0 spiro atoms. The Hall–Kier alpha value is -2.37. The molecule has 100 valence electrons. The molecule has 1 aliphatic rings. The third-order valence-electron chi connectivity index (χ3n) is 3.20. The molecule has 1 aromatic carbocycles. The Balaban J connectivity index is 2.05. The van der Waals surface area contributed by atoms with Crippen LogP contribution in [0.2, 0.25) is 0 Å². The number of aryl methyl sites for hydroxylation is 1. The van der Waals surface area contributed by atoms with E-state index in [-0.39, 0.29) is 0 Å². The monoisotopic (exact) mass is 261 g/mol. The number of urea groups is 1. The highest BCUT2D eigenvalue weighted by atomic mass is 16.2. The molecular weight excluding hydrogens is 246 g/mol. The fourth-order valence-electron chi connectivity index (χ4n) is 2.06. The predicted octanol–water partition coefficient (Wildman–Crippen LogP) is 0.591. The smallest absolute Gasteiger partial charge is 0.322 e. The van der Waals surface area contributed by atoms with Crippen molar-refractivity contribution in [2.24, 2.45) is 0 Å². The van der Waals surface area contributed by atoms with Gasteiger partial charge in [-0.15, -0.1) is 0 Å². The van der Waals surface area contributed by atoms with Crippen molar-refractivity contribution in [3.05, 3.63) is 35.9 Å². The number of hydrogen-bond acceptors (Lipinski definition) is 3. The molecule has 1 saturated heterocycles. The summed E-state index contributed by atoms with van der Waals surface area (Å²) in [6.45, 7) is 1.66. The first kappa shape index (κ1) is 13.1. The van der Waals surface area contributed by atoms with Gasteiger partial charge in [0.1, 0.15) is 5.54 Å². The van der Waals surface area contributed by atoms with E-state index in [4.69, 9.17) is 0 Å². The van der Waals surface area contributed by atoms with Crippen molar-refractivity contribution >= 4 is 18.3 Å². The zero-order valence-electron chi connectivity index (χ0n) is 10.6. The molecule has 19 heavy (non-hydrogen) atoms. The van der Waals surface area contributed by atoms with Gasteiger partial charge in [-0.05, 0) is 25.3 Å². The minimum absolute atomic E-state index is 0.306. The zero-order chi connectivity index (χ0) is 13.9. The summed E-state index contributed by atoms with van der Waals surface area (Å²) in [5.41, 5.74) is 2.20. The Kier molecular flexibility index (Phi) is 3.50. The van der Waals surface area contributed by atoms with Gasteiger partial charge in [0, 0.05) is 0 Å². The first-order valence-electron chi connectivity index (χ1n) is 5.97. The van der Waals surface area contributed by atoms with Crippen LogP contribution in [0.4, 0.5) is 4.79 Å². The van der Waals surface area contributed by atoms with Gasteiger partial charge in [-0.25, -0.2) is 4.79 Å². The molecule has 2 N–H and O–H groups in total. The topological polar surface area (TPSA) is 78.5 Å². The SMILES string of the molecule is CC1(CCc2ccccc2)NC(=O)N(NC=O)C1=O. The van der Waals surface area contributed by atoms with Gasteiger partial charge in [0.25, 0.3) is 5.91 Å². The molecule has 1 aliphatic heterocycles. The van der Waals surface area contributed by atoms with E-state index in [1.165, 1.54) is 0 Å². The van der Waals surface area contributed by atoms with Gasteiger partial charge in [-0.2, -0.15) is 5.01 Å². The van der Waals surface area contributed by atoms with Crippen LogP contribution in [0.3, 0.4) is 0 Å². The van der Waals surface area contributed by atoms with E-state index in [1.54, 1.807) is 6.92 Å². The predicted molar refractivity (Wildman–Crippen MR) is 67.7 cm³/mol. The number of rotatable bonds is 5. The number of amides is 4. The second kappa shape index (κ2) is 5.09. The summed E-state index contributed by atoms with van der Waals surface area (Å²) in [7, 11) is 0. The molecule has 0 radical (unpaired) electrons. The van der Waals surface area contributed by atoms with Crippen LogP contribution < -0.4 is 10.7 Å². The fourth-order valence-corrected chi connectivity index (χ4v) is 2.06. The second-order valence-corrected chi connectivity index (χ2v) is 4.64. The third-order valence-corrected chi connectivity index (χ3v) is 3.20. The molecule has 1 atom stereocenters. The highest BCUT2D eigenvalue weighted by Gasteiger charge is 2.47. The van der Waals surface area contributed by atoms with Gasteiger partial charge in [0.2, 0.25) is 6.41 Å². The summed E-state index contributed by atoms with van der Waals surface area (Å²) >= 11 is 0. The Labute approximate surface area is 110 Å². The molecule has 6 heteroatoms. The van der Waals surface area contributed by atoms with Crippen LogP contribution in [-0.2, 0) is 16.0 Å². The van der Waals surface area contributed by atoms with E-state index in [1.807, 2.05) is 30.3 Å². The number of nitrogens with zero attached hydrogens (tertiary/aromatic N) is 1. The van der Waals surface area contributed by atoms with Gasteiger partial charge in [-0.3, -0.25) is 15.0 Å². The van der Waals surface area contributed by atoms with Gasteiger partial charge < -0.3 is 5.32 Å². The molecule has 2 rings (SSSR count). The minimum atomic E-state index is -0.983. The van der Waals surface area contributed by atoms with Crippen LogP contribution in [0.5, 0.6) is 0 Å². The zero-order valence-corrected chi connectivity index (χ0v) is 10.6. The molecule has 6 nitrogen and oxygen atoms in total. The van der Waals surface area contributed by atoms with Crippen molar-refractivity contribution in [1.82, 2.24) is 15.8 Å². The Morgan fingerprint density at radius 2 is 2.00 bits per heavy atom. The maximum atomic E-state index is 12.1. The molecule has 1 fully saturated rings. The number of imide groups is 1. The number of carbonyl (C=O) groups is 3. The van der Waals surface area contributed by atoms with E-state index >= 15 is 0 Å². The summed E-state index contributed by atoms with van der Waals surface area (Å²) in [6, 6.07) is 9.09. The van der Waals surface area contributed by atoms with Crippen molar-refractivity contribution in [3.63, 3.8) is 0 Å². The highest BCUT2D eigenvalue weighted by molar-refractivity contribution is 6.06. The Morgan fingerprint density at radius 1 is 1.32 bits per heavy atom. The summed E-state index contributed by atoms with van der Waals surface area (Å²) < 4.78 is 0. The van der Waals surface area contributed by atoms with Crippen molar-refractivity contribution < 1.29 is 14.4 Å². The Morgan fingerprint density at radius 3 is 2.63 bits per heavy atom. The average Bonchev–Trinajstić information content (AvgIpc) is 2.62. The lowest BCUT2D eigenvalue weighted by Gasteiger charge is -2.21. The maximum absolute atomic E-state index is 12.1. The molecule has 0 bridgehead atoms. The van der Waals surface area contributed by atoms with Gasteiger partial charge >= 0.3 is 6.03 Å². The maximum Gasteiger partial charge on any atom is 0.344 e. The van der Waals surface area contributed by atoms with E-state index in [2.05, 4.69) is 10.7 Å². The van der Waals surface area contributed by atoms with Gasteiger partial charge in [0.15, 0.2) is 0 Å². The number of benzene rings is 1. The van der Waals surface area contributed by atoms with Crippen LogP contribution in [0, 0.1) is 0 Å². The van der Waals surface area contributed by atoms with Crippen molar-refractivity contribution in [1.29, 1.82) is 0 Å². The van der Waals surface area contributed by atoms with Crippen LogP contribution >= 0.6 is 0 Å². The van der Waals surface area contributed by atoms with E-state index < -0.39 is 17.5 Å². The lowest BCUT2D eigenvalue weighted by Crippen LogP contribution is -2.46. The van der Waals surface area contributed by atoms with E-state index in [0.717, 1.165) is 5.56 Å². The average molecular weight is 261 g/mol. The van der Waals surface area contributed by atoms with Gasteiger partial charge in [0.05, 0.1) is 0 Å². The lowest BCUT2D eigenvalue weighted by molar-refractivity contribution is -0.135.